The van der Waals surface area contributed by atoms with Gasteiger partial charge in [0.25, 0.3) is 0 Å². The van der Waals surface area contributed by atoms with Crippen LogP contribution in [0.2, 0.25) is 0 Å². The third-order valence-corrected chi connectivity index (χ3v) is 8.11. The van der Waals surface area contributed by atoms with Crippen LogP contribution in [0.1, 0.15) is 78.6 Å². The molecule has 0 aromatic carbocycles. The quantitative estimate of drug-likeness (QED) is 0.436. The zero-order chi connectivity index (χ0) is 18.1. The maximum absolute atomic E-state index is 4.18. The molecule has 0 radical (unpaired) electrons. The Balaban J connectivity index is 1.78. The molecule has 25 heavy (non-hydrogen) atoms. The molecule has 138 valence electrons. The van der Waals surface area contributed by atoms with Crippen molar-refractivity contribution < 1.29 is 0 Å². The highest BCUT2D eigenvalue weighted by molar-refractivity contribution is 5.43. The molecule has 2 saturated carbocycles. The first-order valence-corrected chi connectivity index (χ1v) is 10.6. The SMILES string of the molecule is C=CCC1CCCC1(C)CCC1C(CC)CCC2=CC(=C)C=CC21C. The second-order valence-corrected chi connectivity index (χ2v) is 9.48. The number of hydrogen-bond acceptors (Lipinski definition) is 0. The molecule has 0 nitrogen and oxygen atoms in total. The predicted octanol–water partition coefficient (Wildman–Crippen LogP) is 7.64. The summed E-state index contributed by atoms with van der Waals surface area (Å²) >= 11 is 0. The molecule has 0 aliphatic heterocycles. The molecule has 0 heterocycles. The van der Waals surface area contributed by atoms with Crippen LogP contribution in [0.15, 0.2) is 48.6 Å². The lowest BCUT2D eigenvalue weighted by Gasteiger charge is -2.49. The van der Waals surface area contributed by atoms with Crippen molar-refractivity contribution in [2.24, 2.45) is 28.6 Å². The Kier molecular flexibility index (Phi) is 5.47. The van der Waals surface area contributed by atoms with Crippen molar-refractivity contribution in [2.45, 2.75) is 78.6 Å². The Morgan fingerprint density at radius 3 is 2.80 bits per heavy atom. The van der Waals surface area contributed by atoms with E-state index in [0.717, 1.165) is 17.8 Å². The molecule has 0 amide bonds. The monoisotopic (exact) mass is 338 g/mol. The molecule has 0 spiro atoms. The van der Waals surface area contributed by atoms with Crippen LogP contribution in [0.5, 0.6) is 0 Å². The molecule has 0 aromatic heterocycles. The van der Waals surface area contributed by atoms with Gasteiger partial charge in [0.1, 0.15) is 0 Å². The molecular formula is C25H38. The minimum atomic E-state index is 0.267. The Labute approximate surface area is 156 Å². The van der Waals surface area contributed by atoms with Gasteiger partial charge in [0.05, 0.1) is 0 Å². The fraction of sp³-hybridized carbons (Fsp3) is 0.680. The molecule has 0 aromatic rings. The third kappa shape index (κ3) is 3.46. The first kappa shape index (κ1) is 18.7. The summed E-state index contributed by atoms with van der Waals surface area (Å²) in [7, 11) is 0. The van der Waals surface area contributed by atoms with Gasteiger partial charge in [-0.25, -0.2) is 0 Å². The van der Waals surface area contributed by atoms with E-state index in [0.29, 0.717) is 5.41 Å². The molecule has 2 fully saturated rings. The van der Waals surface area contributed by atoms with E-state index in [2.05, 4.69) is 58.2 Å². The van der Waals surface area contributed by atoms with Crippen LogP contribution in [0.4, 0.5) is 0 Å². The topological polar surface area (TPSA) is 0 Å². The smallest absolute Gasteiger partial charge is 0.00999 e. The van der Waals surface area contributed by atoms with Crippen LogP contribution in [0, 0.1) is 28.6 Å². The van der Waals surface area contributed by atoms with Crippen molar-refractivity contribution in [3.63, 3.8) is 0 Å². The van der Waals surface area contributed by atoms with E-state index < -0.39 is 0 Å². The van der Waals surface area contributed by atoms with Crippen molar-refractivity contribution in [1.82, 2.24) is 0 Å². The van der Waals surface area contributed by atoms with E-state index in [4.69, 9.17) is 0 Å². The molecule has 5 atom stereocenters. The van der Waals surface area contributed by atoms with Gasteiger partial charge in [0.2, 0.25) is 0 Å². The highest BCUT2D eigenvalue weighted by Crippen LogP contribution is 2.56. The number of rotatable bonds is 6. The van der Waals surface area contributed by atoms with Gasteiger partial charge < -0.3 is 0 Å². The van der Waals surface area contributed by atoms with Crippen molar-refractivity contribution in [1.29, 1.82) is 0 Å². The maximum Gasteiger partial charge on any atom is 0.00999 e. The Morgan fingerprint density at radius 1 is 1.28 bits per heavy atom. The minimum absolute atomic E-state index is 0.267. The predicted molar refractivity (Wildman–Crippen MR) is 110 cm³/mol. The number of allylic oxidation sites excluding steroid dienone is 6. The lowest BCUT2D eigenvalue weighted by atomic mass is 9.55. The molecule has 0 N–H and O–H groups in total. The summed E-state index contributed by atoms with van der Waals surface area (Å²) in [6, 6.07) is 0. The average molecular weight is 339 g/mol. The summed E-state index contributed by atoms with van der Waals surface area (Å²) in [5, 5.41) is 0. The lowest BCUT2D eigenvalue weighted by molar-refractivity contribution is 0.104. The average Bonchev–Trinajstić information content (AvgIpc) is 2.95. The highest BCUT2D eigenvalue weighted by Gasteiger charge is 2.45. The summed E-state index contributed by atoms with van der Waals surface area (Å²) in [6.07, 6.45) is 21.5. The fourth-order valence-electron chi connectivity index (χ4n) is 6.30. The minimum Gasteiger partial charge on any atom is -0.103 e. The van der Waals surface area contributed by atoms with Gasteiger partial charge >= 0.3 is 0 Å². The molecular weight excluding hydrogens is 300 g/mol. The second-order valence-electron chi connectivity index (χ2n) is 9.48. The van der Waals surface area contributed by atoms with Gasteiger partial charge in [-0.1, -0.05) is 70.1 Å². The molecule has 0 bridgehead atoms. The van der Waals surface area contributed by atoms with Gasteiger partial charge in [0, 0.05) is 5.41 Å². The van der Waals surface area contributed by atoms with Crippen LogP contribution in [0.3, 0.4) is 0 Å². The van der Waals surface area contributed by atoms with Crippen LogP contribution in [-0.2, 0) is 0 Å². The van der Waals surface area contributed by atoms with E-state index in [1.807, 2.05) is 0 Å². The zero-order valence-corrected chi connectivity index (χ0v) is 16.8. The highest BCUT2D eigenvalue weighted by atomic mass is 14.5. The van der Waals surface area contributed by atoms with E-state index >= 15 is 0 Å². The Hall–Kier alpha value is -1.04. The van der Waals surface area contributed by atoms with Gasteiger partial charge in [-0.05, 0) is 73.7 Å². The lowest BCUT2D eigenvalue weighted by Crippen LogP contribution is -2.39. The van der Waals surface area contributed by atoms with Crippen molar-refractivity contribution in [2.75, 3.05) is 0 Å². The van der Waals surface area contributed by atoms with Gasteiger partial charge in [0.15, 0.2) is 0 Å². The third-order valence-electron chi connectivity index (χ3n) is 8.11. The molecule has 0 heteroatoms. The van der Waals surface area contributed by atoms with Crippen LogP contribution in [-0.4, -0.2) is 0 Å². The van der Waals surface area contributed by atoms with Crippen LogP contribution in [0.25, 0.3) is 0 Å². The largest absolute Gasteiger partial charge is 0.103 e. The second kappa shape index (κ2) is 7.29. The van der Waals surface area contributed by atoms with Crippen molar-refractivity contribution >= 4 is 0 Å². The molecule has 3 aliphatic rings. The molecule has 5 unspecified atom stereocenters. The van der Waals surface area contributed by atoms with Crippen molar-refractivity contribution in [3.05, 3.63) is 48.6 Å². The first-order chi connectivity index (χ1) is 11.9. The maximum atomic E-state index is 4.18. The number of fused-ring (bicyclic) bond motifs is 1. The van der Waals surface area contributed by atoms with Gasteiger partial charge in [-0.2, -0.15) is 0 Å². The summed E-state index contributed by atoms with van der Waals surface area (Å²) < 4.78 is 0. The summed E-state index contributed by atoms with van der Waals surface area (Å²) in [5.41, 5.74) is 3.64. The van der Waals surface area contributed by atoms with Gasteiger partial charge in [-0.3, -0.25) is 0 Å². The fourth-order valence-corrected chi connectivity index (χ4v) is 6.30. The van der Waals surface area contributed by atoms with Gasteiger partial charge in [-0.15, -0.1) is 6.58 Å². The summed E-state index contributed by atoms with van der Waals surface area (Å²) in [4.78, 5) is 0. The van der Waals surface area contributed by atoms with E-state index in [1.54, 1.807) is 5.57 Å². The molecule has 3 aliphatic carbocycles. The number of hydrogen-bond donors (Lipinski definition) is 0. The normalized spacial score (nSPS) is 40.7. The standard InChI is InChI=1S/C25H38/c1-6-9-21-10-8-15-24(21,4)16-14-23-20(7-2)11-12-22-18-19(3)13-17-25(22,23)5/h6,13,17-18,20-21,23H,1,3,7-12,14-16H2,2,4-5H3. The van der Waals surface area contributed by atoms with Crippen molar-refractivity contribution in [3.8, 4) is 0 Å². The van der Waals surface area contributed by atoms with E-state index in [9.17, 15) is 0 Å². The summed E-state index contributed by atoms with van der Waals surface area (Å²) in [6.45, 7) is 15.7. The van der Waals surface area contributed by atoms with E-state index in [-0.39, 0.29) is 5.41 Å². The van der Waals surface area contributed by atoms with E-state index in [1.165, 1.54) is 63.4 Å². The summed E-state index contributed by atoms with van der Waals surface area (Å²) in [5.74, 6) is 2.53. The Bertz CT molecular complexity index is 577. The molecule has 0 saturated heterocycles. The first-order valence-electron chi connectivity index (χ1n) is 10.6. The van der Waals surface area contributed by atoms with Crippen LogP contribution < -0.4 is 0 Å². The Morgan fingerprint density at radius 2 is 2.08 bits per heavy atom. The molecule has 3 rings (SSSR count). The zero-order valence-electron chi connectivity index (χ0n) is 16.8. The van der Waals surface area contributed by atoms with Crippen LogP contribution >= 0.6 is 0 Å².